The molecule has 20 heavy (non-hydrogen) atoms. The van der Waals surface area contributed by atoms with Gasteiger partial charge >= 0.3 is 0 Å². The van der Waals surface area contributed by atoms with E-state index in [0.717, 1.165) is 19.3 Å². The molecule has 0 heterocycles. The van der Waals surface area contributed by atoms with E-state index in [1.54, 1.807) is 0 Å². The van der Waals surface area contributed by atoms with E-state index in [1.165, 1.54) is 18.4 Å². The van der Waals surface area contributed by atoms with E-state index in [9.17, 15) is 9.90 Å². The molecule has 1 aromatic rings. The van der Waals surface area contributed by atoms with Gasteiger partial charge in [0.2, 0.25) is 5.91 Å². The van der Waals surface area contributed by atoms with Gasteiger partial charge in [0.25, 0.3) is 0 Å². The fourth-order valence-corrected chi connectivity index (χ4v) is 3.55. The molecule has 1 amide bonds. The van der Waals surface area contributed by atoms with Crippen LogP contribution in [0.2, 0.25) is 0 Å². The summed E-state index contributed by atoms with van der Waals surface area (Å²) < 4.78 is 0. The third kappa shape index (κ3) is 2.73. The Labute approximate surface area is 120 Å². The molecule has 0 radical (unpaired) electrons. The van der Waals surface area contributed by atoms with Gasteiger partial charge in [-0.1, -0.05) is 43.2 Å². The van der Waals surface area contributed by atoms with Gasteiger partial charge in [-0.15, -0.1) is 0 Å². The minimum absolute atomic E-state index is 0.0744. The number of aliphatic hydroxyl groups excluding tert-OH is 1. The van der Waals surface area contributed by atoms with Crippen LogP contribution in [-0.2, 0) is 4.79 Å². The van der Waals surface area contributed by atoms with Crippen molar-refractivity contribution in [2.45, 2.75) is 44.1 Å². The monoisotopic (exact) mass is 273 g/mol. The smallest absolute Gasteiger partial charge is 0.226 e. The minimum Gasteiger partial charge on any atom is -0.395 e. The molecule has 3 heteroatoms. The zero-order chi connectivity index (χ0) is 13.9. The minimum atomic E-state index is 0.0744. The quantitative estimate of drug-likeness (QED) is 0.895. The zero-order valence-electron chi connectivity index (χ0n) is 11.9. The highest BCUT2D eigenvalue weighted by atomic mass is 16.3. The third-order valence-corrected chi connectivity index (χ3v) is 4.72. The maximum absolute atomic E-state index is 12.7. The van der Waals surface area contributed by atoms with Crippen LogP contribution in [0.1, 0.15) is 43.6 Å². The summed E-state index contributed by atoms with van der Waals surface area (Å²) in [6, 6.07) is 10.7. The normalized spacial score (nSPS) is 25.6. The van der Waals surface area contributed by atoms with Gasteiger partial charge in [0.15, 0.2) is 0 Å². The number of carbonyl (C=O) groups is 1. The van der Waals surface area contributed by atoms with Crippen LogP contribution in [0.5, 0.6) is 0 Å². The van der Waals surface area contributed by atoms with Crippen LogP contribution >= 0.6 is 0 Å². The summed E-state index contributed by atoms with van der Waals surface area (Å²) in [4.78, 5) is 14.6. The number of benzene rings is 1. The SMILES string of the molecule is O=C(C1CC1c1ccccc1)N(CCO)C1CCCC1. The zero-order valence-corrected chi connectivity index (χ0v) is 11.9. The number of carbonyl (C=O) groups excluding carboxylic acids is 1. The maximum atomic E-state index is 12.7. The Morgan fingerprint density at radius 1 is 1.20 bits per heavy atom. The summed E-state index contributed by atoms with van der Waals surface area (Å²) in [7, 11) is 0. The van der Waals surface area contributed by atoms with Crippen LogP contribution in [0.3, 0.4) is 0 Å². The average molecular weight is 273 g/mol. The van der Waals surface area contributed by atoms with Gasteiger partial charge in [-0.25, -0.2) is 0 Å². The lowest BCUT2D eigenvalue weighted by Gasteiger charge is -2.28. The second kappa shape index (κ2) is 5.96. The highest BCUT2D eigenvalue weighted by Crippen LogP contribution is 2.48. The van der Waals surface area contributed by atoms with Gasteiger partial charge in [-0.2, -0.15) is 0 Å². The summed E-state index contributed by atoms with van der Waals surface area (Å²) in [5, 5.41) is 9.24. The molecule has 2 atom stereocenters. The number of hydrogen-bond acceptors (Lipinski definition) is 2. The number of nitrogens with zero attached hydrogens (tertiary/aromatic N) is 1. The van der Waals surface area contributed by atoms with E-state index in [4.69, 9.17) is 0 Å². The Kier molecular flexibility index (Phi) is 4.06. The lowest BCUT2D eigenvalue weighted by atomic mass is 10.1. The first-order valence-electron chi connectivity index (χ1n) is 7.77. The Balaban J connectivity index is 1.65. The molecule has 0 spiro atoms. The first-order valence-corrected chi connectivity index (χ1v) is 7.77. The molecule has 0 aromatic heterocycles. The first kappa shape index (κ1) is 13.6. The summed E-state index contributed by atoms with van der Waals surface area (Å²) in [5.74, 6) is 0.802. The topological polar surface area (TPSA) is 40.5 Å². The van der Waals surface area contributed by atoms with Crippen LogP contribution in [0.4, 0.5) is 0 Å². The predicted molar refractivity (Wildman–Crippen MR) is 78.3 cm³/mol. The summed E-state index contributed by atoms with van der Waals surface area (Å²) in [5.41, 5.74) is 1.28. The van der Waals surface area contributed by atoms with Gasteiger partial charge in [-0.3, -0.25) is 4.79 Å². The van der Waals surface area contributed by atoms with Crippen molar-refractivity contribution in [2.24, 2.45) is 5.92 Å². The van der Waals surface area contributed by atoms with Crippen LogP contribution in [0, 0.1) is 5.92 Å². The van der Waals surface area contributed by atoms with Crippen LogP contribution < -0.4 is 0 Å². The Hall–Kier alpha value is -1.35. The van der Waals surface area contributed by atoms with Crippen LogP contribution in [0.15, 0.2) is 30.3 Å². The second-order valence-corrected chi connectivity index (χ2v) is 6.05. The molecular formula is C17H23NO2. The molecule has 2 fully saturated rings. The molecule has 3 rings (SSSR count). The average Bonchev–Trinajstić information content (AvgIpc) is 3.11. The van der Waals surface area contributed by atoms with Gasteiger partial charge in [-0.05, 0) is 30.7 Å². The van der Waals surface area contributed by atoms with Crippen molar-refractivity contribution >= 4 is 5.91 Å². The summed E-state index contributed by atoms with van der Waals surface area (Å²) in [6.07, 6.45) is 5.61. The molecular weight excluding hydrogens is 250 g/mol. The molecule has 2 aliphatic carbocycles. The van der Waals surface area contributed by atoms with Crippen molar-refractivity contribution < 1.29 is 9.90 Å². The van der Waals surface area contributed by atoms with Crippen molar-refractivity contribution in [1.29, 1.82) is 0 Å². The van der Waals surface area contributed by atoms with Crippen molar-refractivity contribution in [2.75, 3.05) is 13.2 Å². The molecule has 108 valence electrons. The summed E-state index contributed by atoms with van der Waals surface area (Å²) in [6.45, 7) is 0.576. The molecule has 2 aliphatic rings. The first-order chi connectivity index (χ1) is 9.81. The fourth-order valence-electron chi connectivity index (χ4n) is 3.55. The lowest BCUT2D eigenvalue weighted by Crippen LogP contribution is -2.41. The van der Waals surface area contributed by atoms with Crippen molar-refractivity contribution in [3.05, 3.63) is 35.9 Å². The van der Waals surface area contributed by atoms with E-state index in [2.05, 4.69) is 12.1 Å². The van der Waals surface area contributed by atoms with Crippen molar-refractivity contribution in [1.82, 2.24) is 4.90 Å². The maximum Gasteiger partial charge on any atom is 0.226 e. The Morgan fingerprint density at radius 3 is 2.55 bits per heavy atom. The summed E-state index contributed by atoms with van der Waals surface area (Å²) >= 11 is 0. The van der Waals surface area contributed by atoms with Gasteiger partial charge < -0.3 is 10.0 Å². The standard InChI is InChI=1S/C17H23NO2/c19-11-10-18(14-8-4-5-9-14)17(20)16-12-15(16)13-6-2-1-3-7-13/h1-3,6-7,14-16,19H,4-5,8-12H2. The molecule has 0 saturated heterocycles. The van der Waals surface area contributed by atoms with Gasteiger partial charge in [0, 0.05) is 18.5 Å². The lowest BCUT2D eigenvalue weighted by molar-refractivity contribution is -0.135. The van der Waals surface area contributed by atoms with E-state index < -0.39 is 0 Å². The van der Waals surface area contributed by atoms with Crippen LogP contribution in [-0.4, -0.2) is 35.1 Å². The fraction of sp³-hybridized carbons (Fsp3) is 0.588. The second-order valence-electron chi connectivity index (χ2n) is 6.05. The van der Waals surface area contributed by atoms with Crippen molar-refractivity contribution in [3.8, 4) is 0 Å². The Bertz CT molecular complexity index is 453. The van der Waals surface area contributed by atoms with Crippen molar-refractivity contribution in [3.63, 3.8) is 0 Å². The third-order valence-electron chi connectivity index (χ3n) is 4.72. The number of aliphatic hydroxyl groups is 1. The molecule has 0 bridgehead atoms. The van der Waals surface area contributed by atoms with E-state index in [1.807, 2.05) is 23.1 Å². The molecule has 2 saturated carbocycles. The van der Waals surface area contributed by atoms with E-state index >= 15 is 0 Å². The van der Waals surface area contributed by atoms with E-state index in [-0.39, 0.29) is 18.4 Å². The molecule has 2 unspecified atom stereocenters. The predicted octanol–water partition coefficient (Wildman–Crippen LogP) is 2.55. The Morgan fingerprint density at radius 2 is 1.90 bits per heavy atom. The highest BCUT2D eigenvalue weighted by molar-refractivity contribution is 5.83. The van der Waals surface area contributed by atoms with Gasteiger partial charge in [0.1, 0.15) is 0 Å². The molecule has 1 aromatic carbocycles. The number of amides is 1. The van der Waals surface area contributed by atoms with Gasteiger partial charge in [0.05, 0.1) is 6.61 Å². The number of rotatable bonds is 5. The van der Waals surface area contributed by atoms with E-state index in [0.29, 0.717) is 18.5 Å². The molecule has 3 nitrogen and oxygen atoms in total. The largest absolute Gasteiger partial charge is 0.395 e. The van der Waals surface area contributed by atoms with Crippen LogP contribution in [0.25, 0.3) is 0 Å². The molecule has 1 N–H and O–H groups in total. The number of hydrogen-bond donors (Lipinski definition) is 1. The highest BCUT2D eigenvalue weighted by Gasteiger charge is 2.46. The molecule has 0 aliphatic heterocycles.